The van der Waals surface area contributed by atoms with Crippen LogP contribution in [0.25, 0.3) is 0 Å². The van der Waals surface area contributed by atoms with E-state index in [0.717, 1.165) is 12.8 Å². The summed E-state index contributed by atoms with van der Waals surface area (Å²) in [6, 6.07) is 0.228. The van der Waals surface area contributed by atoms with Crippen LogP contribution in [-0.2, 0) is 0 Å². The summed E-state index contributed by atoms with van der Waals surface area (Å²) in [5.41, 5.74) is 0. The minimum atomic E-state index is -0.882. The number of carboxylic acid groups (broad SMARTS) is 1. The highest BCUT2D eigenvalue weighted by Crippen LogP contribution is 2.16. The van der Waals surface area contributed by atoms with Gasteiger partial charge in [-0.15, -0.1) is 0 Å². The molecule has 4 nitrogen and oxygen atoms in total. The Balaban J connectivity index is 0.000000364. The summed E-state index contributed by atoms with van der Waals surface area (Å²) in [7, 11) is 6.00. The summed E-state index contributed by atoms with van der Waals surface area (Å²) < 4.78 is 0. The van der Waals surface area contributed by atoms with Crippen LogP contribution in [-0.4, -0.2) is 43.3 Å². The number of nitrogens with zero attached hydrogens (tertiary/aromatic N) is 1. The summed E-state index contributed by atoms with van der Waals surface area (Å²) in [4.78, 5) is 12.2. The SMILES string of the molecule is CN(C)C.O=C(O)NC1CCCCC1. The monoisotopic (exact) mass is 202 g/mol. The van der Waals surface area contributed by atoms with Crippen molar-refractivity contribution < 1.29 is 9.90 Å². The van der Waals surface area contributed by atoms with Crippen LogP contribution in [0.15, 0.2) is 0 Å². The predicted octanol–water partition coefficient (Wildman–Crippen LogP) is 1.76. The van der Waals surface area contributed by atoms with E-state index in [2.05, 4.69) is 5.32 Å². The van der Waals surface area contributed by atoms with Crippen LogP contribution < -0.4 is 5.32 Å². The van der Waals surface area contributed by atoms with Crippen molar-refractivity contribution in [2.45, 2.75) is 38.1 Å². The molecule has 0 heterocycles. The van der Waals surface area contributed by atoms with Crippen molar-refractivity contribution >= 4 is 6.09 Å². The maximum atomic E-state index is 10.2. The van der Waals surface area contributed by atoms with E-state index in [9.17, 15) is 4.79 Å². The van der Waals surface area contributed by atoms with Crippen molar-refractivity contribution in [2.75, 3.05) is 21.1 Å². The van der Waals surface area contributed by atoms with E-state index < -0.39 is 6.09 Å². The topological polar surface area (TPSA) is 52.6 Å². The van der Waals surface area contributed by atoms with Gasteiger partial charge >= 0.3 is 6.09 Å². The molecule has 4 heteroatoms. The Morgan fingerprint density at radius 3 is 2.00 bits per heavy atom. The van der Waals surface area contributed by atoms with Gasteiger partial charge in [0.2, 0.25) is 0 Å². The van der Waals surface area contributed by atoms with Gasteiger partial charge in [0.1, 0.15) is 0 Å². The van der Waals surface area contributed by atoms with E-state index in [1.807, 2.05) is 26.0 Å². The second kappa shape index (κ2) is 7.62. The molecule has 0 atom stereocenters. The zero-order valence-corrected chi connectivity index (χ0v) is 9.42. The molecule has 0 unspecified atom stereocenters. The van der Waals surface area contributed by atoms with Gasteiger partial charge in [0.25, 0.3) is 0 Å². The molecule has 14 heavy (non-hydrogen) atoms. The van der Waals surface area contributed by atoms with Gasteiger partial charge in [-0.2, -0.15) is 0 Å². The second-order valence-corrected chi connectivity index (χ2v) is 4.13. The van der Waals surface area contributed by atoms with Gasteiger partial charge in [-0.05, 0) is 34.0 Å². The summed E-state index contributed by atoms with van der Waals surface area (Å²) in [6.45, 7) is 0. The van der Waals surface area contributed by atoms with Gasteiger partial charge < -0.3 is 15.3 Å². The molecule has 0 spiro atoms. The number of hydrogen-bond acceptors (Lipinski definition) is 2. The van der Waals surface area contributed by atoms with Crippen LogP contribution >= 0.6 is 0 Å². The van der Waals surface area contributed by atoms with E-state index in [1.54, 1.807) is 0 Å². The molecule has 1 rings (SSSR count). The second-order valence-electron chi connectivity index (χ2n) is 4.13. The Morgan fingerprint density at radius 2 is 1.64 bits per heavy atom. The Bertz CT molecular complexity index is 151. The van der Waals surface area contributed by atoms with Crippen molar-refractivity contribution in [1.29, 1.82) is 0 Å². The molecule has 0 aromatic rings. The van der Waals surface area contributed by atoms with Crippen molar-refractivity contribution in [2.24, 2.45) is 0 Å². The standard InChI is InChI=1S/C7H13NO2.C3H9N/c9-7(10)8-6-4-2-1-3-5-6;1-4(2)3/h6,8H,1-5H2,(H,9,10);1-3H3. The number of amides is 1. The molecule has 0 bridgehead atoms. The number of carbonyl (C=O) groups is 1. The minimum absolute atomic E-state index is 0.228. The largest absolute Gasteiger partial charge is 0.465 e. The first-order valence-corrected chi connectivity index (χ1v) is 5.12. The number of rotatable bonds is 1. The Kier molecular flexibility index (Phi) is 7.20. The van der Waals surface area contributed by atoms with Crippen LogP contribution in [0.5, 0.6) is 0 Å². The fourth-order valence-electron chi connectivity index (χ4n) is 1.42. The third-order valence-corrected chi connectivity index (χ3v) is 1.93. The molecule has 1 amide bonds. The van der Waals surface area contributed by atoms with Gasteiger partial charge in [0.05, 0.1) is 0 Å². The highest BCUT2D eigenvalue weighted by Gasteiger charge is 2.14. The lowest BCUT2D eigenvalue weighted by Gasteiger charge is -2.20. The van der Waals surface area contributed by atoms with Crippen LogP contribution in [0.4, 0.5) is 4.79 Å². The fourth-order valence-corrected chi connectivity index (χ4v) is 1.42. The zero-order chi connectivity index (χ0) is 11.0. The first-order chi connectivity index (χ1) is 6.52. The highest BCUT2D eigenvalue weighted by molar-refractivity contribution is 5.64. The van der Waals surface area contributed by atoms with Crippen molar-refractivity contribution in [3.8, 4) is 0 Å². The maximum absolute atomic E-state index is 10.2. The van der Waals surface area contributed by atoms with Crippen molar-refractivity contribution in [1.82, 2.24) is 10.2 Å². The summed E-state index contributed by atoms with van der Waals surface area (Å²) in [5.74, 6) is 0. The normalized spacial score (nSPS) is 17.1. The maximum Gasteiger partial charge on any atom is 0.404 e. The average Bonchev–Trinajstić information content (AvgIpc) is 2.03. The molecule has 1 saturated carbocycles. The molecular formula is C10H22N2O2. The molecule has 1 fully saturated rings. The Labute approximate surface area is 86.3 Å². The molecule has 84 valence electrons. The van der Waals surface area contributed by atoms with E-state index in [-0.39, 0.29) is 6.04 Å². The van der Waals surface area contributed by atoms with E-state index in [4.69, 9.17) is 5.11 Å². The van der Waals surface area contributed by atoms with Crippen molar-refractivity contribution in [3.05, 3.63) is 0 Å². The number of nitrogens with one attached hydrogen (secondary N) is 1. The lowest BCUT2D eigenvalue weighted by atomic mass is 9.96. The third kappa shape index (κ3) is 9.32. The van der Waals surface area contributed by atoms with Gasteiger partial charge in [-0.25, -0.2) is 4.79 Å². The van der Waals surface area contributed by atoms with Crippen LogP contribution in [0.3, 0.4) is 0 Å². The van der Waals surface area contributed by atoms with E-state index >= 15 is 0 Å². The Morgan fingerprint density at radius 1 is 1.21 bits per heavy atom. The highest BCUT2D eigenvalue weighted by atomic mass is 16.4. The minimum Gasteiger partial charge on any atom is -0.465 e. The molecule has 1 aliphatic rings. The lowest BCUT2D eigenvalue weighted by molar-refractivity contribution is 0.186. The zero-order valence-electron chi connectivity index (χ0n) is 9.42. The molecule has 2 N–H and O–H groups in total. The summed E-state index contributed by atoms with van der Waals surface area (Å²) in [6.07, 6.45) is 4.76. The van der Waals surface area contributed by atoms with Gasteiger partial charge in [-0.3, -0.25) is 0 Å². The summed E-state index contributed by atoms with van der Waals surface area (Å²) in [5, 5.41) is 10.9. The third-order valence-electron chi connectivity index (χ3n) is 1.93. The van der Waals surface area contributed by atoms with Gasteiger partial charge in [0, 0.05) is 6.04 Å². The lowest BCUT2D eigenvalue weighted by Crippen LogP contribution is -2.34. The van der Waals surface area contributed by atoms with Crippen molar-refractivity contribution in [3.63, 3.8) is 0 Å². The van der Waals surface area contributed by atoms with E-state index in [1.165, 1.54) is 19.3 Å². The van der Waals surface area contributed by atoms with E-state index in [0.29, 0.717) is 0 Å². The quantitative estimate of drug-likeness (QED) is 0.681. The molecule has 0 aliphatic heterocycles. The van der Waals surface area contributed by atoms with Gasteiger partial charge in [0.15, 0.2) is 0 Å². The smallest absolute Gasteiger partial charge is 0.404 e. The molecule has 0 radical (unpaired) electrons. The van der Waals surface area contributed by atoms with Gasteiger partial charge in [-0.1, -0.05) is 19.3 Å². The van der Waals surface area contributed by atoms with Crippen LogP contribution in [0.1, 0.15) is 32.1 Å². The molecular weight excluding hydrogens is 180 g/mol. The Hall–Kier alpha value is -0.770. The first-order valence-electron chi connectivity index (χ1n) is 5.12. The first kappa shape index (κ1) is 13.2. The van der Waals surface area contributed by atoms with Crippen LogP contribution in [0.2, 0.25) is 0 Å². The molecule has 1 aliphatic carbocycles. The van der Waals surface area contributed by atoms with Crippen LogP contribution in [0, 0.1) is 0 Å². The fraction of sp³-hybridized carbons (Fsp3) is 0.900. The molecule has 0 aromatic heterocycles. The summed E-state index contributed by atoms with van der Waals surface area (Å²) >= 11 is 0. The average molecular weight is 202 g/mol. The predicted molar refractivity (Wildman–Crippen MR) is 57.6 cm³/mol. The molecule has 0 aromatic carbocycles. The number of hydrogen-bond donors (Lipinski definition) is 2. The molecule has 0 saturated heterocycles.